The van der Waals surface area contributed by atoms with Gasteiger partial charge in [0.1, 0.15) is 0 Å². The molecule has 142 valence electrons. The summed E-state index contributed by atoms with van der Waals surface area (Å²) in [5, 5.41) is 15.5. The van der Waals surface area contributed by atoms with Gasteiger partial charge in [0.15, 0.2) is 5.69 Å². The fourth-order valence-corrected chi connectivity index (χ4v) is 3.62. The zero-order valence-electron chi connectivity index (χ0n) is 14.6. The Morgan fingerprint density at radius 2 is 2.04 bits per heavy atom. The fraction of sp³-hybridized carbons (Fsp3) is 0.471. The van der Waals surface area contributed by atoms with Crippen molar-refractivity contribution in [2.24, 2.45) is 0 Å². The van der Waals surface area contributed by atoms with Crippen molar-refractivity contribution in [1.29, 1.82) is 0 Å². The normalized spacial score (nSPS) is 16.0. The van der Waals surface area contributed by atoms with Gasteiger partial charge in [-0.1, -0.05) is 40.5 Å². The Morgan fingerprint density at radius 3 is 2.73 bits per heavy atom. The maximum absolute atomic E-state index is 12.6. The topological polar surface area (TPSA) is 71.8 Å². The molecule has 1 aromatic heterocycles. The third kappa shape index (κ3) is 4.31. The van der Waals surface area contributed by atoms with Crippen LogP contribution in [0.5, 0.6) is 0 Å². The van der Waals surface area contributed by atoms with Gasteiger partial charge < -0.3 is 10.6 Å². The summed E-state index contributed by atoms with van der Waals surface area (Å²) < 4.78 is 1.87. The Bertz CT molecular complexity index is 774. The molecular weight excluding hydrogens is 397 g/mol. The first kappa shape index (κ1) is 21.0. The molecule has 1 aliphatic rings. The molecule has 1 saturated heterocycles. The summed E-state index contributed by atoms with van der Waals surface area (Å²) in [5.41, 5.74) is 1.91. The van der Waals surface area contributed by atoms with Crippen LogP contribution in [0.2, 0.25) is 10.0 Å². The zero-order valence-corrected chi connectivity index (χ0v) is 17.0. The number of nitrogens with one attached hydrogen (secondary N) is 2. The Balaban J connectivity index is 0.00000243. The van der Waals surface area contributed by atoms with Gasteiger partial charge >= 0.3 is 0 Å². The first-order valence-electron chi connectivity index (χ1n) is 8.36. The minimum atomic E-state index is -0.290. The van der Waals surface area contributed by atoms with Crippen LogP contribution in [-0.4, -0.2) is 34.0 Å². The van der Waals surface area contributed by atoms with Crippen molar-refractivity contribution >= 4 is 41.5 Å². The standard InChI is InChI=1S/C17H21Cl2N5O.ClH/c1-10(13-4-3-5-14(18)15(13)19)21-17(25)16-11(2)24(23-22-16)12-6-8-20-9-7-12;/h3-5,10,12,20H,6-9H2,1-2H3,(H,21,25);1H. The van der Waals surface area contributed by atoms with Gasteiger partial charge in [-0.25, -0.2) is 4.68 Å². The van der Waals surface area contributed by atoms with Crippen LogP contribution < -0.4 is 10.6 Å². The molecular formula is C17H22Cl3N5O. The Hall–Kier alpha value is -1.34. The second-order valence-corrected chi connectivity index (χ2v) is 7.07. The number of carbonyl (C=O) groups is 1. The van der Waals surface area contributed by atoms with Crippen molar-refractivity contribution in [2.75, 3.05) is 13.1 Å². The number of hydrogen-bond acceptors (Lipinski definition) is 4. The van der Waals surface area contributed by atoms with Crippen molar-refractivity contribution < 1.29 is 4.79 Å². The summed E-state index contributed by atoms with van der Waals surface area (Å²) in [6.07, 6.45) is 1.97. The van der Waals surface area contributed by atoms with Gasteiger partial charge in [-0.15, -0.1) is 17.5 Å². The first-order valence-corrected chi connectivity index (χ1v) is 9.12. The molecule has 1 aliphatic heterocycles. The van der Waals surface area contributed by atoms with E-state index in [0.717, 1.165) is 37.2 Å². The highest BCUT2D eigenvalue weighted by Crippen LogP contribution is 2.30. The van der Waals surface area contributed by atoms with E-state index in [9.17, 15) is 4.79 Å². The Morgan fingerprint density at radius 1 is 1.35 bits per heavy atom. The van der Waals surface area contributed by atoms with E-state index in [1.165, 1.54) is 0 Å². The van der Waals surface area contributed by atoms with E-state index in [-0.39, 0.29) is 30.4 Å². The molecule has 0 radical (unpaired) electrons. The lowest BCUT2D eigenvalue weighted by molar-refractivity contribution is 0.0934. The maximum Gasteiger partial charge on any atom is 0.274 e. The van der Waals surface area contributed by atoms with E-state index in [1.807, 2.05) is 30.7 Å². The molecule has 2 aromatic rings. The van der Waals surface area contributed by atoms with Gasteiger partial charge in [-0.2, -0.15) is 0 Å². The number of hydrogen-bond donors (Lipinski definition) is 2. The fourth-order valence-electron chi connectivity index (χ4n) is 3.15. The highest BCUT2D eigenvalue weighted by molar-refractivity contribution is 6.42. The summed E-state index contributed by atoms with van der Waals surface area (Å²) in [6.45, 7) is 5.65. The monoisotopic (exact) mass is 417 g/mol. The number of aromatic nitrogens is 3. The first-order chi connectivity index (χ1) is 12.0. The average Bonchev–Trinajstić information content (AvgIpc) is 2.99. The second-order valence-electron chi connectivity index (χ2n) is 6.29. The van der Waals surface area contributed by atoms with Crippen LogP contribution in [0.1, 0.15) is 53.6 Å². The van der Waals surface area contributed by atoms with Crippen LogP contribution in [0.4, 0.5) is 0 Å². The third-order valence-corrected chi connectivity index (χ3v) is 5.43. The van der Waals surface area contributed by atoms with Crippen LogP contribution in [0.3, 0.4) is 0 Å². The van der Waals surface area contributed by atoms with Gasteiger partial charge in [0.05, 0.1) is 27.8 Å². The second kappa shape index (κ2) is 9.04. The van der Waals surface area contributed by atoms with Crippen LogP contribution in [-0.2, 0) is 0 Å². The number of amides is 1. The number of rotatable bonds is 4. The molecule has 1 unspecified atom stereocenters. The molecule has 3 rings (SSSR count). The number of piperidine rings is 1. The van der Waals surface area contributed by atoms with E-state index in [1.54, 1.807) is 6.07 Å². The lowest BCUT2D eigenvalue weighted by atomic mass is 10.1. The van der Waals surface area contributed by atoms with Gasteiger partial charge in [-0.05, 0) is 51.4 Å². The summed E-state index contributed by atoms with van der Waals surface area (Å²) in [7, 11) is 0. The summed E-state index contributed by atoms with van der Waals surface area (Å²) in [4.78, 5) is 12.6. The summed E-state index contributed by atoms with van der Waals surface area (Å²) in [6, 6.07) is 5.37. The molecule has 0 bridgehead atoms. The lowest BCUT2D eigenvalue weighted by Gasteiger charge is -2.23. The van der Waals surface area contributed by atoms with Gasteiger partial charge in [0, 0.05) is 0 Å². The van der Waals surface area contributed by atoms with Crippen LogP contribution in [0.15, 0.2) is 18.2 Å². The average molecular weight is 419 g/mol. The number of benzene rings is 1. The van der Waals surface area contributed by atoms with E-state index in [2.05, 4.69) is 20.9 Å². The van der Waals surface area contributed by atoms with E-state index in [4.69, 9.17) is 23.2 Å². The Labute approximate surface area is 169 Å². The van der Waals surface area contributed by atoms with Crippen LogP contribution in [0.25, 0.3) is 0 Å². The molecule has 6 nitrogen and oxygen atoms in total. The van der Waals surface area contributed by atoms with Crippen LogP contribution in [0, 0.1) is 6.92 Å². The molecule has 1 fully saturated rings. The van der Waals surface area contributed by atoms with Gasteiger partial charge in [0.2, 0.25) is 0 Å². The van der Waals surface area contributed by atoms with Crippen molar-refractivity contribution in [3.8, 4) is 0 Å². The molecule has 0 spiro atoms. The predicted molar refractivity (Wildman–Crippen MR) is 105 cm³/mol. The molecule has 1 aromatic carbocycles. The van der Waals surface area contributed by atoms with Crippen molar-refractivity contribution in [2.45, 2.75) is 38.8 Å². The van der Waals surface area contributed by atoms with Crippen molar-refractivity contribution in [1.82, 2.24) is 25.6 Å². The molecule has 1 atom stereocenters. The molecule has 2 N–H and O–H groups in total. The summed E-state index contributed by atoms with van der Waals surface area (Å²) in [5.74, 6) is -0.263. The van der Waals surface area contributed by atoms with Crippen molar-refractivity contribution in [3.63, 3.8) is 0 Å². The minimum absolute atomic E-state index is 0. The van der Waals surface area contributed by atoms with E-state index < -0.39 is 0 Å². The maximum atomic E-state index is 12.6. The minimum Gasteiger partial charge on any atom is -0.344 e. The van der Waals surface area contributed by atoms with Crippen LogP contribution >= 0.6 is 35.6 Å². The van der Waals surface area contributed by atoms with Crippen molar-refractivity contribution in [3.05, 3.63) is 45.2 Å². The molecule has 0 saturated carbocycles. The Kier molecular flexibility index (Phi) is 7.29. The zero-order chi connectivity index (χ0) is 18.0. The van der Waals surface area contributed by atoms with E-state index in [0.29, 0.717) is 15.7 Å². The SMILES string of the molecule is Cc1c(C(=O)NC(C)c2cccc(Cl)c2Cl)nnn1C1CCNCC1.Cl. The number of halogens is 3. The van der Waals surface area contributed by atoms with E-state index >= 15 is 0 Å². The largest absolute Gasteiger partial charge is 0.344 e. The highest BCUT2D eigenvalue weighted by atomic mass is 35.5. The molecule has 1 amide bonds. The molecule has 26 heavy (non-hydrogen) atoms. The summed E-state index contributed by atoms with van der Waals surface area (Å²) >= 11 is 12.3. The molecule has 0 aliphatic carbocycles. The van der Waals surface area contributed by atoms with Gasteiger partial charge in [0.25, 0.3) is 5.91 Å². The highest BCUT2D eigenvalue weighted by Gasteiger charge is 2.24. The smallest absolute Gasteiger partial charge is 0.274 e. The van der Waals surface area contributed by atoms with Gasteiger partial charge in [-0.3, -0.25) is 4.79 Å². The quantitative estimate of drug-likeness (QED) is 0.793. The number of carbonyl (C=O) groups excluding carboxylic acids is 1. The third-order valence-electron chi connectivity index (χ3n) is 4.59. The molecule has 9 heteroatoms. The number of nitrogens with zero attached hydrogens (tertiary/aromatic N) is 3. The lowest BCUT2D eigenvalue weighted by Crippen LogP contribution is -2.31. The molecule has 2 heterocycles. The predicted octanol–water partition coefficient (Wildman–Crippen LogP) is 3.73.